The summed E-state index contributed by atoms with van der Waals surface area (Å²) in [4.78, 5) is 14.5. The summed E-state index contributed by atoms with van der Waals surface area (Å²) in [5.74, 6) is 0.300. The fourth-order valence-electron chi connectivity index (χ4n) is 2.99. The van der Waals surface area contributed by atoms with Crippen LogP contribution in [0.15, 0.2) is 48.8 Å². The van der Waals surface area contributed by atoms with Crippen LogP contribution < -0.4 is 15.0 Å². The van der Waals surface area contributed by atoms with Gasteiger partial charge in [0, 0.05) is 31.0 Å². The van der Waals surface area contributed by atoms with Gasteiger partial charge in [0.2, 0.25) is 11.9 Å². The summed E-state index contributed by atoms with van der Waals surface area (Å²) in [7, 11) is 0. The average Bonchev–Trinajstić information content (AvgIpc) is 2.83. The Labute approximate surface area is 184 Å². The number of aromatic nitrogens is 3. The van der Waals surface area contributed by atoms with Gasteiger partial charge >= 0.3 is 6.61 Å². The normalized spacial score (nSPS) is 13.4. The van der Waals surface area contributed by atoms with E-state index in [1.165, 1.54) is 18.3 Å². The van der Waals surface area contributed by atoms with Gasteiger partial charge in [-0.25, -0.2) is 9.97 Å². The molecule has 3 aromatic rings. The van der Waals surface area contributed by atoms with Gasteiger partial charge in [0.05, 0.1) is 18.9 Å². The SMILES string of the molecule is CC.Fc1ncc(-c2ccc(OC(F)F)cc2)cc1Nc1ccnc(N2CCOCC2)n1. The van der Waals surface area contributed by atoms with Gasteiger partial charge in [-0.3, -0.25) is 0 Å². The van der Waals surface area contributed by atoms with Crippen molar-refractivity contribution in [2.24, 2.45) is 0 Å². The molecule has 0 aliphatic carbocycles. The second kappa shape index (κ2) is 11.3. The van der Waals surface area contributed by atoms with E-state index in [-0.39, 0.29) is 11.4 Å². The van der Waals surface area contributed by atoms with E-state index in [2.05, 4.69) is 25.0 Å². The minimum absolute atomic E-state index is 0.0406. The van der Waals surface area contributed by atoms with Crippen LogP contribution in [-0.4, -0.2) is 47.9 Å². The molecule has 1 N–H and O–H groups in total. The minimum atomic E-state index is -2.89. The van der Waals surface area contributed by atoms with Crippen LogP contribution in [0.5, 0.6) is 5.75 Å². The van der Waals surface area contributed by atoms with E-state index in [1.807, 2.05) is 18.7 Å². The Morgan fingerprint density at radius 2 is 1.75 bits per heavy atom. The zero-order valence-electron chi connectivity index (χ0n) is 17.8. The number of hydrogen-bond donors (Lipinski definition) is 1. The highest BCUT2D eigenvalue weighted by Gasteiger charge is 2.15. The quantitative estimate of drug-likeness (QED) is 0.540. The van der Waals surface area contributed by atoms with Crippen LogP contribution in [0.2, 0.25) is 0 Å². The first-order valence-electron chi connectivity index (χ1n) is 10.2. The summed E-state index contributed by atoms with van der Waals surface area (Å²) >= 11 is 0. The highest BCUT2D eigenvalue weighted by molar-refractivity contribution is 5.69. The number of rotatable bonds is 6. The number of anilines is 3. The molecular formula is C22H24F3N5O2. The number of ether oxygens (including phenoxy) is 2. The summed E-state index contributed by atoms with van der Waals surface area (Å²) in [6.45, 7) is 3.67. The zero-order chi connectivity index (χ0) is 22.9. The molecule has 3 heterocycles. The van der Waals surface area contributed by atoms with Gasteiger partial charge in [-0.05, 0) is 29.8 Å². The molecule has 10 heteroatoms. The van der Waals surface area contributed by atoms with Gasteiger partial charge < -0.3 is 19.7 Å². The predicted octanol–water partition coefficient (Wildman–Crippen LogP) is 4.89. The van der Waals surface area contributed by atoms with Crippen LogP contribution in [0.3, 0.4) is 0 Å². The molecule has 0 amide bonds. The first kappa shape index (κ1) is 23.3. The van der Waals surface area contributed by atoms with Crippen molar-refractivity contribution >= 4 is 17.5 Å². The van der Waals surface area contributed by atoms with E-state index in [4.69, 9.17) is 4.74 Å². The molecule has 170 valence electrons. The van der Waals surface area contributed by atoms with Crippen molar-refractivity contribution in [1.29, 1.82) is 0 Å². The lowest BCUT2D eigenvalue weighted by Crippen LogP contribution is -2.37. The third-order valence-corrected chi connectivity index (χ3v) is 4.45. The van der Waals surface area contributed by atoms with Crippen molar-refractivity contribution < 1.29 is 22.6 Å². The third kappa shape index (κ3) is 6.07. The van der Waals surface area contributed by atoms with Gasteiger partial charge in [0.25, 0.3) is 0 Å². The van der Waals surface area contributed by atoms with Crippen molar-refractivity contribution in [1.82, 2.24) is 15.0 Å². The number of hydrogen-bond acceptors (Lipinski definition) is 7. The number of benzene rings is 1. The molecule has 0 unspecified atom stereocenters. The van der Waals surface area contributed by atoms with Crippen molar-refractivity contribution in [3.63, 3.8) is 0 Å². The number of alkyl halides is 2. The first-order valence-corrected chi connectivity index (χ1v) is 10.2. The van der Waals surface area contributed by atoms with E-state index in [1.54, 1.807) is 30.5 Å². The smallest absolute Gasteiger partial charge is 0.387 e. The molecule has 2 aromatic heterocycles. The van der Waals surface area contributed by atoms with E-state index >= 15 is 0 Å². The van der Waals surface area contributed by atoms with Crippen molar-refractivity contribution in [2.75, 3.05) is 36.5 Å². The Kier molecular flexibility index (Phi) is 8.20. The van der Waals surface area contributed by atoms with Crippen molar-refractivity contribution in [3.8, 4) is 16.9 Å². The summed E-state index contributed by atoms with van der Waals surface area (Å²) in [6.07, 6.45) is 2.96. The lowest BCUT2D eigenvalue weighted by Gasteiger charge is -2.26. The second-order valence-electron chi connectivity index (χ2n) is 6.43. The van der Waals surface area contributed by atoms with E-state index in [9.17, 15) is 13.2 Å². The molecule has 1 fully saturated rings. The Balaban J connectivity index is 0.00000141. The van der Waals surface area contributed by atoms with Crippen molar-refractivity contribution in [2.45, 2.75) is 20.5 Å². The number of nitrogens with one attached hydrogen (secondary N) is 1. The van der Waals surface area contributed by atoms with Gasteiger partial charge in [0.1, 0.15) is 11.6 Å². The highest BCUT2D eigenvalue weighted by Crippen LogP contribution is 2.27. The standard InChI is InChI=1S/C20H18F3N5O2.C2H6/c21-18-16(26-17-5-6-24-20(27-17)28-7-9-29-10-8-28)11-14(12-25-18)13-1-3-15(4-2-13)30-19(22)23;1-2/h1-6,11-12,19H,7-10H2,(H,24,26,27);1-2H3. The van der Waals surface area contributed by atoms with Gasteiger partial charge in [-0.1, -0.05) is 26.0 Å². The highest BCUT2D eigenvalue weighted by atomic mass is 19.3. The largest absolute Gasteiger partial charge is 0.435 e. The van der Waals surface area contributed by atoms with Gasteiger partial charge in [-0.15, -0.1) is 0 Å². The lowest BCUT2D eigenvalue weighted by atomic mass is 10.1. The fourth-order valence-corrected chi connectivity index (χ4v) is 2.99. The van der Waals surface area contributed by atoms with Crippen LogP contribution in [0.25, 0.3) is 11.1 Å². The van der Waals surface area contributed by atoms with Gasteiger partial charge in [-0.2, -0.15) is 18.2 Å². The van der Waals surface area contributed by atoms with E-state index in [0.717, 1.165) is 0 Å². The summed E-state index contributed by atoms with van der Waals surface area (Å²) in [5, 5.41) is 2.93. The zero-order valence-corrected chi connectivity index (χ0v) is 17.8. The van der Waals surface area contributed by atoms with Crippen LogP contribution in [-0.2, 0) is 4.74 Å². The fraction of sp³-hybridized carbons (Fsp3) is 0.318. The molecule has 1 saturated heterocycles. The maximum absolute atomic E-state index is 14.3. The monoisotopic (exact) mass is 447 g/mol. The second-order valence-corrected chi connectivity index (χ2v) is 6.43. The molecule has 0 saturated carbocycles. The average molecular weight is 447 g/mol. The molecule has 0 spiro atoms. The molecule has 1 aliphatic heterocycles. The topological polar surface area (TPSA) is 72.4 Å². The first-order chi connectivity index (χ1) is 15.6. The van der Waals surface area contributed by atoms with Crippen LogP contribution in [0.1, 0.15) is 13.8 Å². The summed E-state index contributed by atoms with van der Waals surface area (Å²) in [5.41, 5.74) is 1.40. The molecule has 1 aliphatic rings. The number of halogens is 3. The molecule has 4 rings (SSSR count). The van der Waals surface area contributed by atoms with Crippen molar-refractivity contribution in [3.05, 3.63) is 54.7 Å². The third-order valence-electron chi connectivity index (χ3n) is 4.45. The molecule has 0 radical (unpaired) electrons. The molecule has 1 aromatic carbocycles. The summed E-state index contributed by atoms with van der Waals surface area (Å²) in [6, 6.07) is 9.22. The maximum Gasteiger partial charge on any atom is 0.387 e. The maximum atomic E-state index is 14.3. The lowest BCUT2D eigenvalue weighted by molar-refractivity contribution is -0.0498. The molecule has 32 heavy (non-hydrogen) atoms. The molecule has 0 atom stereocenters. The number of morpholine rings is 1. The predicted molar refractivity (Wildman–Crippen MR) is 116 cm³/mol. The van der Waals surface area contributed by atoms with E-state index in [0.29, 0.717) is 49.2 Å². The minimum Gasteiger partial charge on any atom is -0.435 e. The molecule has 7 nitrogen and oxygen atoms in total. The van der Waals surface area contributed by atoms with Crippen LogP contribution >= 0.6 is 0 Å². The van der Waals surface area contributed by atoms with Crippen LogP contribution in [0.4, 0.5) is 30.6 Å². The number of nitrogens with zero attached hydrogens (tertiary/aromatic N) is 4. The Bertz CT molecular complexity index is 999. The molecular weight excluding hydrogens is 423 g/mol. The van der Waals surface area contributed by atoms with Gasteiger partial charge in [0.15, 0.2) is 0 Å². The Morgan fingerprint density at radius 3 is 2.44 bits per heavy atom. The van der Waals surface area contributed by atoms with E-state index < -0.39 is 12.6 Å². The Morgan fingerprint density at radius 1 is 1.03 bits per heavy atom. The number of pyridine rings is 1. The van der Waals surface area contributed by atoms with Crippen LogP contribution in [0, 0.1) is 5.95 Å². The Hall–Kier alpha value is -3.40. The summed E-state index contributed by atoms with van der Waals surface area (Å²) < 4.78 is 48.5. The molecule has 0 bridgehead atoms.